The smallest absolute Gasteiger partial charge is 0.369 e. The van der Waals surface area contributed by atoms with E-state index in [9.17, 15) is 38.4 Å². The average molecular weight is 984 g/mol. The standard InChI is InChI=1S/C44H62N3O20P/c1-26(48)45-36-33(60-28(3)50)21-44(43(54)56-10,64-40(36)39(62-30(5)52)35(61-29(4)51)25-58-27(2)49)67-65-38-34(24-57-22-31-17-13-11-14-18-31)63-42(66-68(55,46(6)7)47(8)9)41(37(38)53)59-23-32-19-15-12-16-20-32/h11-20,33-42,53H,21-25H2,1-10H3,(H,45,48)/t33-,34+,35+,36+,37-,38-,39+,40+,41+,42-,44-/m0/s1. The molecule has 2 heterocycles. The molecule has 2 saturated heterocycles. The van der Waals surface area contributed by atoms with E-state index in [2.05, 4.69) is 5.32 Å². The van der Waals surface area contributed by atoms with Gasteiger partial charge in [-0.05, 0) is 39.3 Å². The number of benzene rings is 2. The highest BCUT2D eigenvalue weighted by molar-refractivity contribution is 7.53. The minimum atomic E-state index is -3.88. The van der Waals surface area contributed by atoms with Crippen molar-refractivity contribution >= 4 is 43.4 Å². The first-order valence-corrected chi connectivity index (χ1v) is 22.9. The van der Waals surface area contributed by atoms with Gasteiger partial charge >= 0.3 is 43.3 Å². The molecular formula is C44H62N3O20P. The molecule has 11 atom stereocenters. The Morgan fingerprint density at radius 2 is 1.41 bits per heavy atom. The molecule has 0 bridgehead atoms. The molecule has 23 nitrogen and oxygen atoms in total. The number of hydrogen-bond acceptors (Lipinski definition) is 20. The minimum Gasteiger partial charge on any atom is -0.465 e. The van der Waals surface area contributed by atoms with Crippen LogP contribution in [0.5, 0.6) is 0 Å². The molecule has 2 aliphatic heterocycles. The molecule has 0 aliphatic carbocycles. The molecule has 2 aromatic rings. The summed E-state index contributed by atoms with van der Waals surface area (Å²) in [5.74, 6) is -8.61. The van der Waals surface area contributed by atoms with E-state index in [0.29, 0.717) is 5.56 Å². The lowest BCUT2D eigenvalue weighted by molar-refractivity contribution is -0.477. The fourth-order valence-electron chi connectivity index (χ4n) is 7.34. The summed E-state index contributed by atoms with van der Waals surface area (Å²) in [6.07, 6.45) is -15.8. The van der Waals surface area contributed by atoms with Gasteiger partial charge < -0.3 is 53.1 Å². The molecule has 0 saturated carbocycles. The minimum absolute atomic E-state index is 0.0393. The largest absolute Gasteiger partial charge is 0.465 e. The lowest BCUT2D eigenvalue weighted by atomic mass is 9.88. The zero-order chi connectivity index (χ0) is 50.3. The predicted molar refractivity (Wildman–Crippen MR) is 233 cm³/mol. The Bertz CT molecular complexity index is 2030. The molecule has 2 aromatic carbocycles. The molecule has 2 fully saturated rings. The average Bonchev–Trinajstić information content (AvgIpc) is 3.27. The summed E-state index contributed by atoms with van der Waals surface area (Å²) in [7, 11) is 3.19. The van der Waals surface area contributed by atoms with Crippen LogP contribution >= 0.6 is 7.67 Å². The topological polar surface area (TPSA) is 269 Å². The third-order valence-corrected chi connectivity index (χ3v) is 12.8. The van der Waals surface area contributed by atoms with Gasteiger partial charge in [-0.1, -0.05) is 60.7 Å². The van der Waals surface area contributed by atoms with Gasteiger partial charge in [0.1, 0.15) is 37.1 Å². The Morgan fingerprint density at radius 3 is 1.93 bits per heavy atom. The van der Waals surface area contributed by atoms with E-state index in [-0.39, 0.29) is 19.8 Å². The lowest BCUT2D eigenvalue weighted by Crippen LogP contribution is -2.69. The highest BCUT2D eigenvalue weighted by atomic mass is 31.2. The van der Waals surface area contributed by atoms with Crippen LogP contribution in [0.2, 0.25) is 0 Å². The third kappa shape index (κ3) is 15.3. The van der Waals surface area contributed by atoms with Gasteiger partial charge in [0, 0.05) is 34.6 Å². The van der Waals surface area contributed by atoms with Gasteiger partial charge in [0.2, 0.25) is 5.91 Å². The Morgan fingerprint density at radius 1 is 0.824 bits per heavy atom. The Kier molecular flexibility index (Phi) is 21.0. The van der Waals surface area contributed by atoms with E-state index >= 15 is 0 Å². The van der Waals surface area contributed by atoms with Crippen molar-refractivity contribution < 1.29 is 95.4 Å². The number of rotatable bonds is 23. The zero-order valence-corrected chi connectivity index (χ0v) is 40.5. The first kappa shape index (κ1) is 55.7. The van der Waals surface area contributed by atoms with Crippen molar-refractivity contribution in [2.45, 2.75) is 121 Å². The van der Waals surface area contributed by atoms with Crippen molar-refractivity contribution in [3.8, 4) is 0 Å². The highest BCUT2D eigenvalue weighted by Crippen LogP contribution is 2.53. The van der Waals surface area contributed by atoms with Crippen LogP contribution in [-0.2, 0) is 103 Å². The first-order valence-electron chi connectivity index (χ1n) is 21.4. The van der Waals surface area contributed by atoms with Crippen molar-refractivity contribution in [3.05, 3.63) is 71.8 Å². The Balaban J connectivity index is 1.86. The van der Waals surface area contributed by atoms with Crippen LogP contribution in [0.4, 0.5) is 0 Å². The summed E-state index contributed by atoms with van der Waals surface area (Å²) in [5.41, 5.74) is 1.43. The second kappa shape index (κ2) is 25.6. The van der Waals surface area contributed by atoms with Crippen molar-refractivity contribution in [1.82, 2.24) is 14.7 Å². The van der Waals surface area contributed by atoms with E-state index in [0.717, 1.165) is 47.3 Å². The quantitative estimate of drug-likeness (QED) is 0.0530. The van der Waals surface area contributed by atoms with Gasteiger partial charge in [0.25, 0.3) is 0 Å². The number of carbonyl (C=O) groups is 6. The second-order valence-electron chi connectivity index (χ2n) is 16.2. The van der Waals surface area contributed by atoms with Crippen molar-refractivity contribution in [3.63, 3.8) is 0 Å². The molecule has 0 unspecified atom stereocenters. The summed E-state index contributed by atoms with van der Waals surface area (Å²) in [5, 5.41) is 14.9. The first-order chi connectivity index (χ1) is 32.1. The van der Waals surface area contributed by atoms with Crippen LogP contribution < -0.4 is 5.32 Å². The van der Waals surface area contributed by atoms with E-state index in [4.69, 9.17) is 56.9 Å². The fourth-order valence-corrected chi connectivity index (χ4v) is 8.88. The number of aliphatic hydroxyl groups is 1. The molecular weight excluding hydrogens is 921 g/mol. The van der Waals surface area contributed by atoms with Gasteiger partial charge in [-0.2, -0.15) is 4.89 Å². The molecule has 1 amide bonds. The van der Waals surface area contributed by atoms with Gasteiger partial charge in [0.05, 0.1) is 39.4 Å². The van der Waals surface area contributed by atoms with Crippen LogP contribution in [0, 0.1) is 0 Å². The monoisotopic (exact) mass is 983 g/mol. The Hall–Kier alpha value is -4.91. The summed E-state index contributed by atoms with van der Waals surface area (Å²) in [4.78, 5) is 88.9. The van der Waals surface area contributed by atoms with E-state index in [1.807, 2.05) is 18.2 Å². The summed E-state index contributed by atoms with van der Waals surface area (Å²) in [6, 6.07) is 16.4. The van der Waals surface area contributed by atoms with Gasteiger partial charge in [-0.3, -0.25) is 33.1 Å². The van der Waals surface area contributed by atoms with E-state index in [1.54, 1.807) is 42.5 Å². The summed E-state index contributed by atoms with van der Waals surface area (Å²) < 4.78 is 75.3. The highest BCUT2D eigenvalue weighted by Gasteiger charge is 2.61. The molecule has 2 N–H and O–H groups in total. The van der Waals surface area contributed by atoms with E-state index < -0.39 is 123 Å². The van der Waals surface area contributed by atoms with Crippen molar-refractivity contribution in [2.24, 2.45) is 0 Å². The van der Waals surface area contributed by atoms with Crippen molar-refractivity contribution in [1.29, 1.82) is 0 Å². The van der Waals surface area contributed by atoms with E-state index in [1.165, 1.54) is 37.5 Å². The number of methoxy groups -OCH3 is 1. The van der Waals surface area contributed by atoms with Crippen LogP contribution in [0.3, 0.4) is 0 Å². The van der Waals surface area contributed by atoms with Gasteiger partial charge in [-0.15, -0.1) is 0 Å². The molecule has 2 aliphatic rings. The van der Waals surface area contributed by atoms with Crippen LogP contribution in [0.25, 0.3) is 0 Å². The normalized spacial score (nSPS) is 26.0. The Labute approximate surface area is 394 Å². The van der Waals surface area contributed by atoms with Crippen molar-refractivity contribution in [2.75, 3.05) is 48.5 Å². The van der Waals surface area contributed by atoms with Crippen LogP contribution in [0.1, 0.15) is 52.2 Å². The number of hydrogen-bond donors (Lipinski definition) is 2. The molecule has 68 heavy (non-hydrogen) atoms. The number of aliphatic hydroxyl groups excluding tert-OH is 1. The molecule has 24 heteroatoms. The van der Waals surface area contributed by atoms with Gasteiger partial charge in [0.15, 0.2) is 24.6 Å². The maximum atomic E-state index is 14.3. The predicted octanol–water partition coefficient (Wildman–Crippen LogP) is 1.96. The molecule has 0 spiro atoms. The number of nitrogens with zero attached hydrogens (tertiary/aromatic N) is 2. The SMILES string of the molecule is COC(=O)[C@@]1(OO[C@@H]2[C@H](O)[C@@H](OCc3ccccc3)[C@H](OP(=O)(N(C)C)N(C)C)O[C@@H]2COCc2ccccc2)C[C@H](OC(C)=O)[C@@H](NC(C)=O)[C@H]([C@H](OC(C)=O)[C@@H](COC(C)=O)OC(C)=O)O1. The molecule has 0 radical (unpaired) electrons. The molecule has 378 valence electrons. The zero-order valence-electron chi connectivity index (χ0n) is 39.6. The third-order valence-electron chi connectivity index (χ3n) is 10.3. The summed E-state index contributed by atoms with van der Waals surface area (Å²) >= 11 is 0. The number of ether oxygens (including phenoxy) is 9. The van der Waals surface area contributed by atoms with Crippen LogP contribution in [0.15, 0.2) is 60.7 Å². The number of nitrogens with one attached hydrogen (secondary N) is 1. The summed E-state index contributed by atoms with van der Waals surface area (Å²) in [6.45, 7) is 4.03. The maximum absolute atomic E-state index is 14.3. The maximum Gasteiger partial charge on any atom is 0.369 e. The second-order valence-corrected chi connectivity index (χ2v) is 19.0. The number of amides is 1. The van der Waals surface area contributed by atoms with Gasteiger partial charge in [-0.25, -0.2) is 19.0 Å². The van der Waals surface area contributed by atoms with Crippen LogP contribution in [-0.4, -0.2) is 166 Å². The number of carbonyl (C=O) groups excluding carboxylic acids is 6. The molecule has 4 rings (SSSR count). The lowest BCUT2D eigenvalue weighted by Gasteiger charge is -2.49. The number of esters is 5. The molecule has 0 aromatic heterocycles. The fraction of sp³-hybridized carbons (Fsp3) is 0.591.